The maximum absolute atomic E-state index is 12.5. The van der Waals surface area contributed by atoms with Gasteiger partial charge in [-0.15, -0.1) is 0 Å². The van der Waals surface area contributed by atoms with Gasteiger partial charge >= 0.3 is 0 Å². The summed E-state index contributed by atoms with van der Waals surface area (Å²) < 4.78 is 10.6. The monoisotopic (exact) mass is 380 g/mol. The van der Waals surface area contributed by atoms with Gasteiger partial charge in [0.25, 0.3) is 11.1 Å². The Balaban J connectivity index is 1.79. The summed E-state index contributed by atoms with van der Waals surface area (Å²) in [5, 5.41) is 0.296. The lowest BCUT2D eigenvalue weighted by molar-refractivity contribution is 0.174. The second-order valence-electron chi connectivity index (χ2n) is 7.55. The molecule has 3 aromatic rings. The minimum atomic E-state index is -0.408. The Hall–Kier alpha value is -3.55. The van der Waals surface area contributed by atoms with Gasteiger partial charge in [-0.25, -0.2) is 4.98 Å². The molecule has 0 spiro atoms. The SMILES string of the molecule is CC(C)(C)c1[nH]cnc1/C=c1\[nH]c(=O)/c(=C/c2ccc3c(c2)OCO3)[nH]c1=O. The van der Waals surface area contributed by atoms with Crippen LogP contribution in [0.3, 0.4) is 0 Å². The van der Waals surface area contributed by atoms with Crippen molar-refractivity contribution in [1.29, 1.82) is 0 Å². The summed E-state index contributed by atoms with van der Waals surface area (Å²) in [6.45, 7) is 6.28. The minimum absolute atomic E-state index is 0.144. The summed E-state index contributed by atoms with van der Waals surface area (Å²) in [6.07, 6.45) is 4.73. The molecule has 0 bridgehead atoms. The van der Waals surface area contributed by atoms with Gasteiger partial charge in [0, 0.05) is 11.1 Å². The van der Waals surface area contributed by atoms with Crippen molar-refractivity contribution in [3.8, 4) is 11.5 Å². The molecule has 0 saturated carbocycles. The maximum atomic E-state index is 12.5. The fourth-order valence-corrected chi connectivity index (χ4v) is 3.02. The van der Waals surface area contributed by atoms with E-state index in [1.54, 1.807) is 36.7 Å². The summed E-state index contributed by atoms with van der Waals surface area (Å²) >= 11 is 0. The molecule has 0 saturated heterocycles. The van der Waals surface area contributed by atoms with Crippen molar-refractivity contribution in [1.82, 2.24) is 19.9 Å². The van der Waals surface area contributed by atoms with E-state index < -0.39 is 11.1 Å². The highest BCUT2D eigenvalue weighted by Gasteiger charge is 2.19. The Labute approximate surface area is 159 Å². The summed E-state index contributed by atoms with van der Waals surface area (Å²) in [5.74, 6) is 1.25. The van der Waals surface area contributed by atoms with Crippen LogP contribution in [0.15, 0.2) is 34.1 Å². The quantitative estimate of drug-likeness (QED) is 0.598. The van der Waals surface area contributed by atoms with Crippen LogP contribution in [0.4, 0.5) is 0 Å². The van der Waals surface area contributed by atoms with Crippen molar-refractivity contribution in [3.63, 3.8) is 0 Å². The zero-order valence-corrected chi connectivity index (χ0v) is 15.8. The van der Waals surface area contributed by atoms with Crippen molar-refractivity contribution in [2.45, 2.75) is 26.2 Å². The number of fused-ring (bicyclic) bond motifs is 1. The van der Waals surface area contributed by atoms with Gasteiger partial charge in [-0.05, 0) is 29.8 Å². The first-order valence-electron chi connectivity index (χ1n) is 8.81. The molecule has 144 valence electrons. The number of aromatic nitrogens is 4. The van der Waals surface area contributed by atoms with E-state index in [1.807, 2.05) is 20.8 Å². The Morgan fingerprint density at radius 1 is 1.00 bits per heavy atom. The van der Waals surface area contributed by atoms with Gasteiger partial charge in [0.1, 0.15) is 10.7 Å². The number of ether oxygens (including phenoxy) is 2. The van der Waals surface area contributed by atoms with Crippen molar-refractivity contribution in [2.24, 2.45) is 0 Å². The molecule has 0 fully saturated rings. The molecule has 3 N–H and O–H groups in total. The van der Waals surface area contributed by atoms with E-state index in [4.69, 9.17) is 9.47 Å². The lowest BCUT2D eigenvalue weighted by Gasteiger charge is -2.16. The minimum Gasteiger partial charge on any atom is -0.454 e. The van der Waals surface area contributed by atoms with Gasteiger partial charge in [0.2, 0.25) is 6.79 Å². The van der Waals surface area contributed by atoms with Crippen LogP contribution < -0.4 is 31.3 Å². The van der Waals surface area contributed by atoms with Crippen LogP contribution >= 0.6 is 0 Å². The van der Waals surface area contributed by atoms with Crippen LogP contribution in [0.2, 0.25) is 0 Å². The third-order valence-electron chi connectivity index (χ3n) is 4.39. The summed E-state index contributed by atoms with van der Waals surface area (Å²) in [4.78, 5) is 37.6. The second kappa shape index (κ2) is 6.56. The summed E-state index contributed by atoms with van der Waals surface area (Å²) in [7, 11) is 0. The molecule has 2 aromatic heterocycles. The van der Waals surface area contributed by atoms with Gasteiger partial charge in [0.15, 0.2) is 11.5 Å². The fourth-order valence-electron chi connectivity index (χ4n) is 3.02. The molecule has 0 atom stereocenters. The summed E-state index contributed by atoms with van der Waals surface area (Å²) in [6, 6.07) is 5.29. The van der Waals surface area contributed by atoms with E-state index in [-0.39, 0.29) is 22.9 Å². The van der Waals surface area contributed by atoms with Crippen molar-refractivity contribution in [2.75, 3.05) is 6.79 Å². The second-order valence-corrected chi connectivity index (χ2v) is 7.55. The summed E-state index contributed by atoms with van der Waals surface area (Å²) in [5.41, 5.74) is 1.21. The third-order valence-corrected chi connectivity index (χ3v) is 4.39. The van der Waals surface area contributed by atoms with E-state index >= 15 is 0 Å². The lowest BCUT2D eigenvalue weighted by atomic mass is 9.90. The molecule has 28 heavy (non-hydrogen) atoms. The van der Waals surface area contributed by atoms with E-state index in [0.29, 0.717) is 22.8 Å². The van der Waals surface area contributed by atoms with Gasteiger partial charge in [-0.3, -0.25) is 9.59 Å². The molecular weight excluding hydrogens is 360 g/mol. The Morgan fingerprint density at radius 2 is 1.68 bits per heavy atom. The normalized spacial score (nSPS) is 14.7. The zero-order chi connectivity index (χ0) is 19.9. The Kier molecular flexibility index (Phi) is 4.18. The van der Waals surface area contributed by atoms with Crippen LogP contribution in [0.5, 0.6) is 11.5 Å². The number of rotatable bonds is 2. The van der Waals surface area contributed by atoms with E-state index in [2.05, 4.69) is 19.9 Å². The Morgan fingerprint density at radius 3 is 2.39 bits per heavy atom. The van der Waals surface area contributed by atoms with Gasteiger partial charge < -0.3 is 24.4 Å². The first-order valence-corrected chi connectivity index (χ1v) is 8.81. The van der Waals surface area contributed by atoms with E-state index in [1.165, 1.54) is 0 Å². The molecule has 0 radical (unpaired) electrons. The third kappa shape index (κ3) is 3.36. The van der Waals surface area contributed by atoms with E-state index in [0.717, 1.165) is 5.69 Å². The lowest BCUT2D eigenvalue weighted by Crippen LogP contribution is -2.46. The molecule has 8 nitrogen and oxygen atoms in total. The number of benzene rings is 1. The van der Waals surface area contributed by atoms with Crippen LogP contribution in [0.25, 0.3) is 12.2 Å². The zero-order valence-electron chi connectivity index (χ0n) is 15.8. The maximum Gasteiger partial charge on any atom is 0.272 e. The molecule has 1 aliphatic rings. The smallest absolute Gasteiger partial charge is 0.272 e. The molecular formula is C20H20N4O4. The molecule has 1 aromatic carbocycles. The first-order chi connectivity index (χ1) is 13.3. The molecule has 0 aliphatic carbocycles. The number of aromatic amines is 3. The molecule has 1 aliphatic heterocycles. The number of imidazole rings is 1. The van der Waals surface area contributed by atoms with Crippen LogP contribution in [-0.2, 0) is 5.41 Å². The largest absolute Gasteiger partial charge is 0.454 e. The topological polar surface area (TPSA) is 113 Å². The average molecular weight is 380 g/mol. The molecule has 8 heteroatoms. The van der Waals surface area contributed by atoms with Crippen molar-refractivity contribution >= 4 is 12.2 Å². The molecule has 4 rings (SSSR count). The van der Waals surface area contributed by atoms with Crippen molar-refractivity contribution < 1.29 is 9.47 Å². The van der Waals surface area contributed by atoms with Gasteiger partial charge in [-0.2, -0.15) is 0 Å². The van der Waals surface area contributed by atoms with E-state index in [9.17, 15) is 9.59 Å². The number of H-pyrrole nitrogens is 3. The number of hydrogen-bond donors (Lipinski definition) is 3. The van der Waals surface area contributed by atoms with Gasteiger partial charge in [-0.1, -0.05) is 26.8 Å². The predicted octanol–water partition coefficient (Wildman–Crippen LogP) is 0.470. The Bertz CT molecular complexity index is 1280. The van der Waals surface area contributed by atoms with Gasteiger partial charge in [0.05, 0.1) is 12.0 Å². The number of nitrogens with one attached hydrogen (secondary N) is 3. The molecule has 3 heterocycles. The van der Waals surface area contributed by atoms with Crippen LogP contribution in [-0.4, -0.2) is 26.7 Å². The van der Waals surface area contributed by atoms with Crippen LogP contribution in [0, 0.1) is 0 Å². The number of hydrogen-bond acceptors (Lipinski definition) is 5. The highest BCUT2D eigenvalue weighted by molar-refractivity contribution is 5.56. The average Bonchev–Trinajstić information content (AvgIpc) is 3.27. The standard InChI is InChI=1S/C20H20N4O4/c1-20(2,3)17-12(21-9-22-17)8-14-19(26)23-13(18(25)24-14)6-11-4-5-15-16(7-11)28-10-27-15/h4-9H,10H2,1-3H3,(H,21,22)(H,23,26)(H,24,25)/b13-6-,14-8-. The van der Waals surface area contributed by atoms with Crippen LogP contribution in [0.1, 0.15) is 37.7 Å². The first kappa shape index (κ1) is 17.8. The highest BCUT2D eigenvalue weighted by Crippen LogP contribution is 2.32. The number of nitrogens with zero attached hydrogens (tertiary/aromatic N) is 1. The highest BCUT2D eigenvalue weighted by atomic mass is 16.7. The molecule has 0 amide bonds. The predicted molar refractivity (Wildman–Crippen MR) is 104 cm³/mol. The molecule has 0 unspecified atom stereocenters. The van der Waals surface area contributed by atoms with Crippen molar-refractivity contribution in [3.05, 3.63) is 72.9 Å². The fraction of sp³-hybridized carbons (Fsp3) is 0.250.